The van der Waals surface area contributed by atoms with Crippen LogP contribution in [0.5, 0.6) is 0 Å². The van der Waals surface area contributed by atoms with Crippen molar-refractivity contribution >= 4 is 17.3 Å². The molecular formula is C15H23N3O. The van der Waals surface area contributed by atoms with Gasteiger partial charge in [-0.05, 0) is 30.9 Å². The minimum absolute atomic E-state index is 0.439. The van der Waals surface area contributed by atoms with Gasteiger partial charge in [-0.1, -0.05) is 31.7 Å². The lowest BCUT2D eigenvalue weighted by Crippen LogP contribution is -2.16. The van der Waals surface area contributed by atoms with E-state index in [0.29, 0.717) is 16.9 Å². The summed E-state index contributed by atoms with van der Waals surface area (Å²) in [6.45, 7) is 0.838. The Hall–Kier alpha value is -1.71. The highest BCUT2D eigenvalue weighted by Crippen LogP contribution is 2.29. The first-order valence-corrected chi connectivity index (χ1v) is 7.10. The van der Waals surface area contributed by atoms with Gasteiger partial charge in [-0.2, -0.15) is 0 Å². The van der Waals surface area contributed by atoms with Crippen LogP contribution in [0.4, 0.5) is 11.4 Å². The predicted molar refractivity (Wildman–Crippen MR) is 79.1 cm³/mol. The van der Waals surface area contributed by atoms with Gasteiger partial charge in [-0.15, -0.1) is 0 Å². The van der Waals surface area contributed by atoms with Gasteiger partial charge in [-0.3, -0.25) is 4.79 Å². The Labute approximate surface area is 114 Å². The Balaban J connectivity index is 1.86. The van der Waals surface area contributed by atoms with Gasteiger partial charge in [0.15, 0.2) is 0 Å². The molecule has 19 heavy (non-hydrogen) atoms. The summed E-state index contributed by atoms with van der Waals surface area (Å²) in [5.41, 5.74) is 13.0. The van der Waals surface area contributed by atoms with Crippen LogP contribution in [0.2, 0.25) is 0 Å². The third-order valence-electron chi connectivity index (χ3n) is 3.93. The number of hydrogen-bond acceptors (Lipinski definition) is 3. The lowest BCUT2D eigenvalue weighted by atomic mass is 10.0. The van der Waals surface area contributed by atoms with E-state index >= 15 is 0 Å². The number of para-hydroxylation sites is 1. The highest BCUT2D eigenvalue weighted by atomic mass is 16.1. The highest BCUT2D eigenvalue weighted by molar-refractivity contribution is 6.01. The molecule has 0 radical (unpaired) electrons. The summed E-state index contributed by atoms with van der Waals surface area (Å²) >= 11 is 0. The van der Waals surface area contributed by atoms with Gasteiger partial charge in [0.05, 0.1) is 16.9 Å². The van der Waals surface area contributed by atoms with Crippen molar-refractivity contribution in [2.45, 2.75) is 38.5 Å². The first-order chi connectivity index (χ1) is 9.18. The van der Waals surface area contributed by atoms with Crippen molar-refractivity contribution in [1.82, 2.24) is 0 Å². The van der Waals surface area contributed by atoms with Crippen LogP contribution in [-0.2, 0) is 0 Å². The standard InChI is InChI=1S/C15H23N3O/c16-13-9-3-8-12(15(17)19)14(13)18-10-4-7-11-5-1-2-6-11/h3,8-9,11,18H,1-2,4-7,10,16H2,(H2,17,19). The van der Waals surface area contributed by atoms with Gasteiger partial charge < -0.3 is 16.8 Å². The van der Waals surface area contributed by atoms with Crippen LogP contribution in [0.3, 0.4) is 0 Å². The molecule has 1 fully saturated rings. The number of benzene rings is 1. The minimum atomic E-state index is -0.439. The molecule has 1 saturated carbocycles. The van der Waals surface area contributed by atoms with Crippen LogP contribution in [0.1, 0.15) is 48.9 Å². The molecule has 2 rings (SSSR count). The number of nitrogens with one attached hydrogen (secondary N) is 1. The summed E-state index contributed by atoms with van der Waals surface area (Å²) in [5, 5.41) is 3.26. The van der Waals surface area contributed by atoms with Crippen LogP contribution < -0.4 is 16.8 Å². The quantitative estimate of drug-likeness (QED) is 0.544. The first kappa shape index (κ1) is 13.7. The van der Waals surface area contributed by atoms with E-state index in [1.54, 1.807) is 18.2 Å². The molecule has 1 aliphatic carbocycles. The van der Waals surface area contributed by atoms with Crippen molar-refractivity contribution in [3.05, 3.63) is 23.8 Å². The van der Waals surface area contributed by atoms with E-state index < -0.39 is 5.91 Å². The van der Waals surface area contributed by atoms with Crippen LogP contribution in [-0.4, -0.2) is 12.5 Å². The molecule has 0 atom stereocenters. The number of amides is 1. The van der Waals surface area contributed by atoms with Gasteiger partial charge in [0, 0.05) is 6.54 Å². The Morgan fingerprint density at radius 2 is 2.05 bits per heavy atom. The summed E-state index contributed by atoms with van der Waals surface area (Å²) in [6.07, 6.45) is 7.88. The molecule has 0 aromatic heterocycles. The van der Waals surface area contributed by atoms with E-state index in [2.05, 4.69) is 5.32 Å². The van der Waals surface area contributed by atoms with E-state index in [1.165, 1.54) is 32.1 Å². The number of nitrogen functional groups attached to an aromatic ring is 1. The summed E-state index contributed by atoms with van der Waals surface area (Å²) in [5.74, 6) is 0.455. The SMILES string of the molecule is NC(=O)c1cccc(N)c1NCCCC1CCCC1. The van der Waals surface area contributed by atoms with Gasteiger partial charge in [0.2, 0.25) is 0 Å². The lowest BCUT2D eigenvalue weighted by Gasteiger charge is -2.14. The van der Waals surface area contributed by atoms with E-state index in [-0.39, 0.29) is 0 Å². The zero-order valence-corrected chi connectivity index (χ0v) is 11.3. The number of rotatable bonds is 6. The molecule has 104 valence electrons. The average Bonchev–Trinajstić information content (AvgIpc) is 2.88. The summed E-state index contributed by atoms with van der Waals surface area (Å²) < 4.78 is 0. The van der Waals surface area contributed by atoms with Crippen LogP contribution in [0, 0.1) is 5.92 Å². The second kappa shape index (κ2) is 6.45. The second-order valence-electron chi connectivity index (χ2n) is 5.35. The lowest BCUT2D eigenvalue weighted by molar-refractivity contribution is 0.100. The second-order valence-corrected chi connectivity index (χ2v) is 5.35. The molecular weight excluding hydrogens is 238 g/mol. The smallest absolute Gasteiger partial charge is 0.250 e. The van der Waals surface area contributed by atoms with E-state index in [9.17, 15) is 4.79 Å². The Morgan fingerprint density at radius 3 is 2.74 bits per heavy atom. The van der Waals surface area contributed by atoms with Crippen molar-refractivity contribution < 1.29 is 4.79 Å². The maximum atomic E-state index is 11.3. The Morgan fingerprint density at radius 1 is 1.32 bits per heavy atom. The maximum Gasteiger partial charge on any atom is 0.250 e. The van der Waals surface area contributed by atoms with Crippen LogP contribution in [0.25, 0.3) is 0 Å². The molecule has 1 aromatic carbocycles. The molecule has 1 amide bonds. The average molecular weight is 261 g/mol. The minimum Gasteiger partial charge on any atom is -0.397 e. The van der Waals surface area contributed by atoms with Gasteiger partial charge in [0.25, 0.3) is 5.91 Å². The molecule has 4 heteroatoms. The molecule has 0 spiro atoms. The largest absolute Gasteiger partial charge is 0.397 e. The zero-order chi connectivity index (χ0) is 13.7. The van der Waals surface area contributed by atoms with E-state index in [1.807, 2.05) is 0 Å². The third-order valence-corrected chi connectivity index (χ3v) is 3.93. The van der Waals surface area contributed by atoms with Crippen molar-refractivity contribution in [2.75, 3.05) is 17.6 Å². The van der Waals surface area contributed by atoms with E-state index in [0.717, 1.165) is 18.9 Å². The van der Waals surface area contributed by atoms with Gasteiger partial charge >= 0.3 is 0 Å². The molecule has 0 bridgehead atoms. The normalized spacial score (nSPS) is 15.6. The van der Waals surface area contributed by atoms with Crippen LogP contribution >= 0.6 is 0 Å². The number of carbonyl (C=O) groups excluding carboxylic acids is 1. The van der Waals surface area contributed by atoms with Gasteiger partial charge in [-0.25, -0.2) is 0 Å². The number of primary amides is 1. The zero-order valence-electron chi connectivity index (χ0n) is 11.3. The molecule has 0 heterocycles. The summed E-state index contributed by atoms with van der Waals surface area (Å²) in [6, 6.07) is 5.24. The Bertz CT molecular complexity index is 439. The van der Waals surface area contributed by atoms with Crippen LogP contribution in [0.15, 0.2) is 18.2 Å². The summed E-state index contributed by atoms with van der Waals surface area (Å²) in [4.78, 5) is 11.3. The Kier molecular flexibility index (Phi) is 4.66. The fraction of sp³-hybridized carbons (Fsp3) is 0.533. The van der Waals surface area contributed by atoms with Crippen molar-refractivity contribution in [3.63, 3.8) is 0 Å². The molecule has 0 aliphatic heterocycles. The van der Waals surface area contributed by atoms with Crippen molar-refractivity contribution in [1.29, 1.82) is 0 Å². The van der Waals surface area contributed by atoms with E-state index in [4.69, 9.17) is 11.5 Å². The first-order valence-electron chi connectivity index (χ1n) is 7.10. The van der Waals surface area contributed by atoms with Crippen molar-refractivity contribution in [3.8, 4) is 0 Å². The number of anilines is 2. The molecule has 1 aromatic rings. The fourth-order valence-corrected chi connectivity index (χ4v) is 2.88. The molecule has 0 unspecified atom stereocenters. The number of hydrogen-bond donors (Lipinski definition) is 3. The topological polar surface area (TPSA) is 81.1 Å². The molecule has 4 nitrogen and oxygen atoms in total. The van der Waals surface area contributed by atoms with Gasteiger partial charge in [0.1, 0.15) is 0 Å². The molecule has 5 N–H and O–H groups in total. The molecule has 0 saturated heterocycles. The summed E-state index contributed by atoms with van der Waals surface area (Å²) in [7, 11) is 0. The van der Waals surface area contributed by atoms with Crippen molar-refractivity contribution in [2.24, 2.45) is 11.7 Å². The molecule has 1 aliphatic rings. The third kappa shape index (κ3) is 3.63. The predicted octanol–water partition coefficient (Wildman–Crippen LogP) is 2.75. The number of nitrogens with two attached hydrogens (primary N) is 2. The monoisotopic (exact) mass is 261 g/mol. The fourth-order valence-electron chi connectivity index (χ4n) is 2.88. The maximum absolute atomic E-state index is 11.3. The highest BCUT2D eigenvalue weighted by Gasteiger charge is 2.14. The number of carbonyl (C=O) groups is 1.